The van der Waals surface area contributed by atoms with Crippen LogP contribution in [-0.2, 0) is 9.53 Å². The Labute approximate surface area is 114 Å². The van der Waals surface area contributed by atoms with Crippen molar-refractivity contribution in [2.24, 2.45) is 5.73 Å². The van der Waals surface area contributed by atoms with E-state index in [9.17, 15) is 4.79 Å². The molecular formula is C15H22N2O2. The van der Waals surface area contributed by atoms with Gasteiger partial charge in [0, 0.05) is 18.5 Å². The van der Waals surface area contributed by atoms with E-state index in [4.69, 9.17) is 10.5 Å². The summed E-state index contributed by atoms with van der Waals surface area (Å²) in [5, 5.41) is 3.32. The predicted octanol–water partition coefficient (Wildman–Crippen LogP) is 2.22. The van der Waals surface area contributed by atoms with Crippen LogP contribution in [0.3, 0.4) is 0 Å². The zero-order valence-electron chi connectivity index (χ0n) is 11.8. The number of nitrogens with one attached hydrogen (secondary N) is 1. The van der Waals surface area contributed by atoms with E-state index >= 15 is 0 Å². The van der Waals surface area contributed by atoms with Crippen molar-refractivity contribution >= 4 is 11.6 Å². The van der Waals surface area contributed by atoms with E-state index < -0.39 is 5.54 Å². The van der Waals surface area contributed by atoms with Crippen LogP contribution in [0, 0.1) is 6.92 Å². The molecule has 0 aliphatic carbocycles. The molecule has 0 saturated carbocycles. The Morgan fingerprint density at radius 3 is 2.47 bits per heavy atom. The van der Waals surface area contributed by atoms with Gasteiger partial charge in [0.25, 0.3) is 0 Å². The molecule has 0 radical (unpaired) electrons. The molecule has 3 N–H and O–H groups in total. The Hall–Kier alpha value is -1.55. The molecule has 2 rings (SSSR count). The fourth-order valence-electron chi connectivity index (χ4n) is 2.66. The molecule has 1 aliphatic heterocycles. The van der Waals surface area contributed by atoms with Crippen LogP contribution >= 0.6 is 0 Å². The van der Waals surface area contributed by atoms with Crippen molar-refractivity contribution < 1.29 is 9.53 Å². The molecule has 1 heterocycles. The van der Waals surface area contributed by atoms with Crippen LogP contribution in [0.15, 0.2) is 24.3 Å². The molecule has 4 heteroatoms. The number of nitrogens with two attached hydrogens (primary N) is 1. The number of ether oxygens (including phenoxy) is 1. The van der Waals surface area contributed by atoms with E-state index in [0.29, 0.717) is 19.4 Å². The zero-order valence-corrected chi connectivity index (χ0v) is 11.8. The highest BCUT2D eigenvalue weighted by Gasteiger charge is 2.45. The average Bonchev–Trinajstić information content (AvgIpc) is 2.31. The summed E-state index contributed by atoms with van der Waals surface area (Å²) in [6.45, 7) is 6.54. The molecule has 19 heavy (non-hydrogen) atoms. The van der Waals surface area contributed by atoms with Gasteiger partial charge < -0.3 is 15.8 Å². The highest BCUT2D eigenvalue weighted by atomic mass is 16.5. The van der Waals surface area contributed by atoms with E-state index in [-0.39, 0.29) is 11.5 Å². The predicted molar refractivity (Wildman–Crippen MR) is 76.0 cm³/mol. The molecule has 1 aromatic carbocycles. The molecule has 1 aliphatic rings. The molecule has 0 bridgehead atoms. The zero-order chi connectivity index (χ0) is 14.1. The number of benzene rings is 1. The molecule has 1 amide bonds. The van der Waals surface area contributed by atoms with Gasteiger partial charge in [0.05, 0.1) is 12.2 Å². The number of primary amides is 1. The molecule has 1 unspecified atom stereocenters. The highest BCUT2D eigenvalue weighted by molar-refractivity contribution is 5.88. The van der Waals surface area contributed by atoms with Crippen molar-refractivity contribution in [2.75, 3.05) is 11.9 Å². The number of hydrogen-bond acceptors (Lipinski definition) is 3. The average molecular weight is 262 g/mol. The number of carbonyl (C=O) groups excluding carboxylic acids is 1. The first-order chi connectivity index (χ1) is 8.83. The topological polar surface area (TPSA) is 64.3 Å². The van der Waals surface area contributed by atoms with Crippen LogP contribution in [0.4, 0.5) is 5.69 Å². The fourth-order valence-corrected chi connectivity index (χ4v) is 2.66. The third kappa shape index (κ3) is 3.07. The van der Waals surface area contributed by atoms with Gasteiger partial charge in [0.2, 0.25) is 5.91 Å². The lowest BCUT2D eigenvalue weighted by Crippen LogP contribution is -2.58. The summed E-state index contributed by atoms with van der Waals surface area (Å²) in [5.41, 5.74) is 6.68. The minimum absolute atomic E-state index is 0.315. The van der Waals surface area contributed by atoms with Crippen molar-refractivity contribution in [1.82, 2.24) is 0 Å². The van der Waals surface area contributed by atoms with Crippen molar-refractivity contribution in [3.63, 3.8) is 0 Å². The summed E-state index contributed by atoms with van der Waals surface area (Å²) >= 11 is 0. The van der Waals surface area contributed by atoms with Gasteiger partial charge in [-0.1, -0.05) is 17.7 Å². The van der Waals surface area contributed by atoms with Gasteiger partial charge in [-0.2, -0.15) is 0 Å². The van der Waals surface area contributed by atoms with Crippen molar-refractivity contribution in [3.8, 4) is 0 Å². The number of anilines is 1. The molecule has 104 valence electrons. The quantitative estimate of drug-likeness (QED) is 0.878. The Balaban J connectivity index is 2.25. The number of hydrogen-bond donors (Lipinski definition) is 2. The summed E-state index contributed by atoms with van der Waals surface area (Å²) in [6, 6.07) is 7.98. The first-order valence-electron chi connectivity index (χ1n) is 6.62. The Kier molecular flexibility index (Phi) is 3.54. The van der Waals surface area contributed by atoms with Crippen molar-refractivity contribution in [2.45, 2.75) is 44.8 Å². The summed E-state index contributed by atoms with van der Waals surface area (Å²) in [6.07, 6.45) is 1.17. The first kappa shape index (κ1) is 13.9. The van der Waals surface area contributed by atoms with Crippen LogP contribution < -0.4 is 11.1 Å². The third-order valence-corrected chi connectivity index (χ3v) is 3.66. The molecule has 4 nitrogen and oxygen atoms in total. The van der Waals surface area contributed by atoms with Gasteiger partial charge in [0.15, 0.2) is 0 Å². The van der Waals surface area contributed by atoms with Crippen LogP contribution in [0.1, 0.15) is 32.3 Å². The number of aryl methyl sites for hydroxylation is 1. The number of amides is 1. The van der Waals surface area contributed by atoms with Crippen molar-refractivity contribution in [3.05, 3.63) is 29.8 Å². The standard InChI is InChI=1S/C15H22N2O2/c1-11-4-6-12(7-5-11)17-15(13(16)18)8-9-19-14(2,3)10-15/h4-7,17H,8-10H2,1-3H3,(H2,16,18). The Morgan fingerprint density at radius 2 is 1.95 bits per heavy atom. The van der Waals surface area contributed by atoms with Crippen molar-refractivity contribution in [1.29, 1.82) is 0 Å². The van der Waals surface area contributed by atoms with Gasteiger partial charge in [-0.05, 0) is 32.9 Å². The van der Waals surface area contributed by atoms with E-state index in [1.165, 1.54) is 5.56 Å². The summed E-state index contributed by atoms with van der Waals surface area (Å²) in [4.78, 5) is 11.9. The van der Waals surface area contributed by atoms with E-state index in [1.54, 1.807) is 0 Å². The van der Waals surface area contributed by atoms with Crippen LogP contribution in [-0.4, -0.2) is 23.7 Å². The maximum atomic E-state index is 11.9. The molecule has 1 saturated heterocycles. The second kappa shape index (κ2) is 4.85. The summed E-state index contributed by atoms with van der Waals surface area (Å²) in [7, 11) is 0. The normalized spacial score (nSPS) is 25.8. The monoisotopic (exact) mass is 262 g/mol. The second-order valence-electron chi connectivity index (χ2n) is 5.97. The van der Waals surface area contributed by atoms with Crippen LogP contribution in [0.2, 0.25) is 0 Å². The summed E-state index contributed by atoms with van der Waals surface area (Å²) < 4.78 is 5.68. The van der Waals surface area contributed by atoms with Crippen LogP contribution in [0.25, 0.3) is 0 Å². The van der Waals surface area contributed by atoms with E-state index in [1.807, 2.05) is 45.0 Å². The summed E-state index contributed by atoms with van der Waals surface area (Å²) in [5.74, 6) is -0.315. The second-order valence-corrected chi connectivity index (χ2v) is 5.97. The fraction of sp³-hybridized carbons (Fsp3) is 0.533. The Morgan fingerprint density at radius 1 is 1.32 bits per heavy atom. The lowest BCUT2D eigenvalue weighted by atomic mass is 9.80. The molecule has 1 aromatic rings. The maximum absolute atomic E-state index is 11.9. The molecule has 0 spiro atoms. The largest absolute Gasteiger partial charge is 0.375 e. The minimum Gasteiger partial charge on any atom is -0.375 e. The van der Waals surface area contributed by atoms with Gasteiger partial charge >= 0.3 is 0 Å². The molecule has 1 fully saturated rings. The number of carbonyl (C=O) groups is 1. The molecular weight excluding hydrogens is 240 g/mol. The van der Waals surface area contributed by atoms with E-state index in [2.05, 4.69) is 5.32 Å². The van der Waals surface area contributed by atoms with Crippen LogP contribution in [0.5, 0.6) is 0 Å². The third-order valence-electron chi connectivity index (χ3n) is 3.66. The van der Waals surface area contributed by atoms with Gasteiger partial charge in [0.1, 0.15) is 5.54 Å². The highest BCUT2D eigenvalue weighted by Crippen LogP contribution is 2.34. The lowest BCUT2D eigenvalue weighted by Gasteiger charge is -2.43. The minimum atomic E-state index is -0.725. The SMILES string of the molecule is Cc1ccc(NC2(C(N)=O)CCOC(C)(C)C2)cc1. The molecule has 1 atom stereocenters. The maximum Gasteiger partial charge on any atom is 0.243 e. The van der Waals surface area contributed by atoms with Gasteiger partial charge in [-0.3, -0.25) is 4.79 Å². The van der Waals surface area contributed by atoms with Gasteiger partial charge in [-0.25, -0.2) is 0 Å². The van der Waals surface area contributed by atoms with E-state index in [0.717, 1.165) is 5.69 Å². The number of rotatable bonds is 3. The smallest absolute Gasteiger partial charge is 0.243 e. The molecule has 0 aromatic heterocycles. The first-order valence-corrected chi connectivity index (χ1v) is 6.62. The van der Waals surface area contributed by atoms with Gasteiger partial charge in [-0.15, -0.1) is 0 Å². The Bertz CT molecular complexity index is 468. The lowest BCUT2D eigenvalue weighted by molar-refractivity contribution is -0.133.